The molecule has 0 spiro atoms. The highest BCUT2D eigenvalue weighted by atomic mass is 16.6. The first-order chi connectivity index (χ1) is 13.1. The van der Waals surface area contributed by atoms with Gasteiger partial charge in [0, 0.05) is 18.6 Å². The number of hydrogen-bond acceptors (Lipinski definition) is 2. The molecular formula is C23H40N2O2. The second kappa shape index (κ2) is 14.6. The minimum Gasteiger partial charge on any atom is -0.601 e. The van der Waals surface area contributed by atoms with Crippen LogP contribution < -0.4 is 10.2 Å². The van der Waals surface area contributed by atoms with E-state index in [1.165, 1.54) is 57.8 Å². The lowest BCUT2D eigenvalue weighted by atomic mass is 10.1. The van der Waals surface area contributed by atoms with Crippen LogP contribution in [0.4, 0.5) is 5.69 Å². The van der Waals surface area contributed by atoms with Crippen molar-refractivity contribution >= 4 is 11.6 Å². The van der Waals surface area contributed by atoms with Crippen molar-refractivity contribution in [2.45, 2.75) is 97.3 Å². The monoisotopic (exact) mass is 376 g/mol. The second-order valence-electron chi connectivity index (χ2n) is 7.62. The van der Waals surface area contributed by atoms with E-state index in [1.807, 2.05) is 25.1 Å². The van der Waals surface area contributed by atoms with E-state index < -0.39 is 4.76 Å². The third-order valence-electron chi connectivity index (χ3n) is 5.02. The van der Waals surface area contributed by atoms with E-state index in [0.29, 0.717) is 18.7 Å². The number of para-hydroxylation sites is 1. The molecule has 0 aliphatic rings. The van der Waals surface area contributed by atoms with Crippen LogP contribution in [0.25, 0.3) is 0 Å². The lowest BCUT2D eigenvalue weighted by Crippen LogP contribution is -2.57. The summed E-state index contributed by atoms with van der Waals surface area (Å²) in [7, 11) is 0. The molecule has 0 bridgehead atoms. The number of hydrogen-bond donors (Lipinski definition) is 1. The molecule has 1 atom stereocenters. The van der Waals surface area contributed by atoms with Crippen LogP contribution >= 0.6 is 0 Å². The van der Waals surface area contributed by atoms with Crippen LogP contribution in [0.5, 0.6) is 0 Å². The van der Waals surface area contributed by atoms with Crippen LogP contribution in [-0.4, -0.2) is 12.5 Å². The number of benzene rings is 1. The summed E-state index contributed by atoms with van der Waals surface area (Å²) in [6.45, 7) is 4.57. The van der Waals surface area contributed by atoms with Gasteiger partial charge in [-0.2, -0.15) is 5.43 Å². The Morgan fingerprint density at radius 3 is 1.85 bits per heavy atom. The van der Waals surface area contributed by atoms with Crippen LogP contribution in [0.1, 0.15) is 97.3 Å². The average molecular weight is 377 g/mol. The van der Waals surface area contributed by atoms with Crippen molar-refractivity contribution in [2.75, 3.05) is 6.54 Å². The van der Waals surface area contributed by atoms with Gasteiger partial charge >= 0.3 is 0 Å². The largest absolute Gasteiger partial charge is 0.601 e. The summed E-state index contributed by atoms with van der Waals surface area (Å²) in [6, 6.07) is 9.13. The van der Waals surface area contributed by atoms with Gasteiger partial charge in [-0.3, -0.25) is 4.79 Å². The fraction of sp³-hybridized carbons (Fsp3) is 0.696. The number of rotatable bonds is 16. The highest BCUT2D eigenvalue weighted by molar-refractivity contribution is 5.77. The topological polar surface area (TPSA) is 52.2 Å². The van der Waals surface area contributed by atoms with E-state index in [9.17, 15) is 10.0 Å². The van der Waals surface area contributed by atoms with E-state index >= 15 is 0 Å². The normalized spacial score (nSPS) is 13.3. The molecule has 154 valence electrons. The number of nitrogens with one attached hydrogen (secondary N) is 1. The molecule has 1 aromatic carbocycles. The van der Waals surface area contributed by atoms with Crippen molar-refractivity contribution in [1.29, 1.82) is 0 Å². The van der Waals surface area contributed by atoms with Gasteiger partial charge in [0.25, 0.3) is 5.91 Å². The van der Waals surface area contributed by atoms with E-state index in [-0.39, 0.29) is 5.91 Å². The fourth-order valence-corrected chi connectivity index (χ4v) is 3.44. The SMILES string of the molecule is CCCCCCCCCCCCCC(=O)N[N+]([O-])(CCC)c1ccccc1. The van der Waals surface area contributed by atoms with Crippen LogP contribution in [0, 0.1) is 5.21 Å². The van der Waals surface area contributed by atoms with Gasteiger partial charge in [-0.25, -0.2) is 4.76 Å². The maximum atomic E-state index is 13.0. The first-order valence-corrected chi connectivity index (χ1v) is 11.1. The lowest BCUT2D eigenvalue weighted by Gasteiger charge is -2.40. The van der Waals surface area contributed by atoms with Crippen molar-refractivity contribution in [1.82, 2.24) is 10.2 Å². The molecule has 0 heterocycles. The summed E-state index contributed by atoms with van der Waals surface area (Å²) in [5, 5.41) is 13.0. The van der Waals surface area contributed by atoms with Crippen molar-refractivity contribution in [3.05, 3.63) is 35.5 Å². The first kappa shape index (κ1) is 23.6. The van der Waals surface area contributed by atoms with Gasteiger partial charge in [0.1, 0.15) is 6.54 Å². The Hall–Kier alpha value is -1.39. The third kappa shape index (κ3) is 10.5. The van der Waals surface area contributed by atoms with Crippen LogP contribution in [0.3, 0.4) is 0 Å². The molecule has 1 unspecified atom stereocenters. The van der Waals surface area contributed by atoms with Gasteiger partial charge in [-0.05, 0) is 12.8 Å². The maximum Gasteiger partial charge on any atom is 0.265 e. The Labute approximate surface area is 166 Å². The summed E-state index contributed by atoms with van der Waals surface area (Å²) >= 11 is 0. The highest BCUT2D eigenvalue weighted by Crippen LogP contribution is 2.20. The number of quaternary nitrogens is 1. The van der Waals surface area contributed by atoms with Crippen LogP contribution in [0.15, 0.2) is 30.3 Å². The number of carbonyl (C=O) groups is 1. The van der Waals surface area contributed by atoms with Gasteiger partial charge in [-0.1, -0.05) is 96.3 Å². The smallest absolute Gasteiger partial charge is 0.265 e. The van der Waals surface area contributed by atoms with Gasteiger partial charge in [-0.15, -0.1) is 0 Å². The van der Waals surface area contributed by atoms with Gasteiger partial charge in [0.2, 0.25) is 0 Å². The third-order valence-corrected chi connectivity index (χ3v) is 5.02. The standard InChI is InChI=1S/C23H40N2O2/c1-3-5-6-7-8-9-10-11-12-13-17-20-23(26)24-25(27,21-4-2)22-18-15-14-16-19-22/h14-16,18-19H,3-13,17,20-21H2,1-2H3,(H,24,26). The Bertz CT molecular complexity index is 492. The predicted molar refractivity (Wildman–Crippen MR) is 116 cm³/mol. The zero-order valence-electron chi connectivity index (χ0n) is 17.5. The van der Waals surface area contributed by atoms with Crippen LogP contribution in [0.2, 0.25) is 0 Å². The minimum absolute atomic E-state index is 0.141. The van der Waals surface area contributed by atoms with Gasteiger partial charge in [0.05, 0.1) is 0 Å². The zero-order valence-corrected chi connectivity index (χ0v) is 17.5. The molecule has 0 aliphatic carbocycles. The first-order valence-electron chi connectivity index (χ1n) is 11.1. The molecule has 0 radical (unpaired) electrons. The number of hydroxylamine groups is 1. The maximum absolute atomic E-state index is 13.0. The fourth-order valence-electron chi connectivity index (χ4n) is 3.44. The molecule has 4 heteroatoms. The Balaban J connectivity index is 2.15. The predicted octanol–water partition coefficient (Wildman–Crippen LogP) is 6.63. The molecular weight excluding hydrogens is 336 g/mol. The molecule has 27 heavy (non-hydrogen) atoms. The van der Waals surface area contributed by atoms with Crippen molar-refractivity contribution in [2.24, 2.45) is 0 Å². The lowest BCUT2D eigenvalue weighted by molar-refractivity contribution is -0.124. The highest BCUT2D eigenvalue weighted by Gasteiger charge is 2.22. The van der Waals surface area contributed by atoms with Crippen molar-refractivity contribution < 1.29 is 4.79 Å². The number of amides is 1. The van der Waals surface area contributed by atoms with E-state index in [1.54, 1.807) is 12.1 Å². The molecule has 0 aliphatic heterocycles. The Kier molecular flexibility index (Phi) is 12.8. The van der Waals surface area contributed by atoms with E-state index in [0.717, 1.165) is 19.3 Å². The minimum atomic E-state index is -0.756. The second-order valence-corrected chi connectivity index (χ2v) is 7.62. The van der Waals surface area contributed by atoms with Gasteiger partial charge < -0.3 is 5.21 Å². The Morgan fingerprint density at radius 1 is 0.815 bits per heavy atom. The molecule has 0 saturated heterocycles. The molecule has 0 aromatic heterocycles. The number of carbonyl (C=O) groups excluding carboxylic acids is 1. The molecule has 1 amide bonds. The van der Waals surface area contributed by atoms with Crippen molar-refractivity contribution in [3.63, 3.8) is 0 Å². The van der Waals surface area contributed by atoms with Gasteiger partial charge in [0.15, 0.2) is 5.69 Å². The molecule has 4 nitrogen and oxygen atoms in total. The van der Waals surface area contributed by atoms with Crippen molar-refractivity contribution in [3.8, 4) is 0 Å². The van der Waals surface area contributed by atoms with E-state index in [4.69, 9.17) is 0 Å². The summed E-state index contributed by atoms with van der Waals surface area (Å²) in [5.74, 6) is -0.141. The molecule has 0 saturated carbocycles. The Morgan fingerprint density at radius 2 is 1.33 bits per heavy atom. The summed E-state index contributed by atoms with van der Waals surface area (Å²) < 4.78 is -0.756. The molecule has 0 fully saturated rings. The summed E-state index contributed by atoms with van der Waals surface area (Å²) in [5.41, 5.74) is 3.28. The summed E-state index contributed by atoms with van der Waals surface area (Å²) in [6.07, 6.45) is 15.0. The molecule has 1 N–H and O–H groups in total. The zero-order chi connectivity index (χ0) is 19.8. The number of nitrogens with zero attached hydrogens (tertiary/aromatic N) is 1. The van der Waals surface area contributed by atoms with E-state index in [2.05, 4.69) is 12.3 Å². The molecule has 1 aromatic rings. The average Bonchev–Trinajstić information content (AvgIpc) is 2.67. The summed E-state index contributed by atoms with van der Waals surface area (Å²) in [4.78, 5) is 12.2. The number of unbranched alkanes of at least 4 members (excludes halogenated alkanes) is 10. The van der Waals surface area contributed by atoms with Crippen LogP contribution in [-0.2, 0) is 4.79 Å². The quantitative estimate of drug-likeness (QED) is 0.200. The molecule has 1 rings (SSSR count).